The maximum Gasteiger partial charge on any atom is 0.162 e. The second-order valence-electron chi connectivity index (χ2n) is 9.10. The third-order valence-electron chi connectivity index (χ3n) is 6.35. The number of benzene rings is 2. The molecule has 0 amide bonds. The van der Waals surface area contributed by atoms with Crippen molar-refractivity contribution in [3.63, 3.8) is 0 Å². The first kappa shape index (κ1) is 19.6. The van der Waals surface area contributed by atoms with Crippen molar-refractivity contribution < 1.29 is 14.3 Å². The Kier molecular flexibility index (Phi) is 4.50. The number of hydrogen-bond acceptors (Lipinski definition) is 5. The number of methoxy groups -OCH3 is 2. The summed E-state index contributed by atoms with van der Waals surface area (Å²) in [5, 5.41) is 4.66. The molecule has 5 nitrogen and oxygen atoms in total. The van der Waals surface area contributed by atoms with Gasteiger partial charge in [0.15, 0.2) is 17.3 Å². The smallest absolute Gasteiger partial charge is 0.162 e. The SMILES string of the molecule is COc1ccc([C@@H]2C3=C(CC(C)(C)CC3=O)Nc3ccc4ncccc4c32)cc1OC. The van der Waals surface area contributed by atoms with E-state index in [1.165, 1.54) is 0 Å². The third kappa shape index (κ3) is 3.16. The quantitative estimate of drug-likeness (QED) is 0.617. The second-order valence-corrected chi connectivity index (χ2v) is 9.10. The van der Waals surface area contributed by atoms with Gasteiger partial charge in [-0.25, -0.2) is 0 Å². The number of carbonyl (C=O) groups is 1. The summed E-state index contributed by atoms with van der Waals surface area (Å²) in [5.74, 6) is 1.34. The van der Waals surface area contributed by atoms with E-state index < -0.39 is 0 Å². The Morgan fingerprint density at radius 3 is 2.61 bits per heavy atom. The molecule has 1 aliphatic carbocycles. The lowest BCUT2D eigenvalue weighted by Crippen LogP contribution is -2.33. The molecule has 0 radical (unpaired) electrons. The molecule has 0 unspecified atom stereocenters. The van der Waals surface area contributed by atoms with E-state index in [0.29, 0.717) is 17.9 Å². The van der Waals surface area contributed by atoms with Crippen LogP contribution in [-0.2, 0) is 4.79 Å². The third-order valence-corrected chi connectivity index (χ3v) is 6.35. The molecule has 1 N–H and O–H groups in total. The van der Waals surface area contributed by atoms with Crippen molar-refractivity contribution in [2.75, 3.05) is 19.5 Å². The number of fused-ring (bicyclic) bond motifs is 3. The number of aromatic nitrogens is 1. The number of anilines is 1. The average molecular weight is 415 g/mol. The number of carbonyl (C=O) groups excluding carboxylic acids is 1. The van der Waals surface area contributed by atoms with Crippen molar-refractivity contribution in [3.05, 3.63) is 71.1 Å². The van der Waals surface area contributed by atoms with Crippen LogP contribution in [0.1, 0.15) is 43.7 Å². The van der Waals surface area contributed by atoms with E-state index in [1.54, 1.807) is 20.4 Å². The molecule has 5 heteroatoms. The van der Waals surface area contributed by atoms with Crippen molar-refractivity contribution in [2.24, 2.45) is 5.41 Å². The molecular weight excluding hydrogens is 388 g/mol. The molecule has 0 spiro atoms. The molecule has 3 aromatic rings. The molecule has 0 saturated heterocycles. The normalized spacial score (nSPS) is 19.5. The topological polar surface area (TPSA) is 60.5 Å². The van der Waals surface area contributed by atoms with Crippen LogP contribution in [0.3, 0.4) is 0 Å². The highest BCUT2D eigenvalue weighted by molar-refractivity contribution is 6.04. The Labute approximate surface area is 182 Å². The van der Waals surface area contributed by atoms with Gasteiger partial charge >= 0.3 is 0 Å². The molecule has 2 heterocycles. The summed E-state index contributed by atoms with van der Waals surface area (Å²) in [5.41, 5.74) is 5.86. The molecule has 1 aliphatic heterocycles. The summed E-state index contributed by atoms with van der Waals surface area (Å²) < 4.78 is 11.0. The van der Waals surface area contributed by atoms with Gasteiger partial charge in [0, 0.05) is 40.9 Å². The number of nitrogens with zero attached hydrogens (tertiary/aromatic N) is 1. The van der Waals surface area contributed by atoms with Crippen molar-refractivity contribution in [1.29, 1.82) is 0 Å². The molecule has 0 fully saturated rings. The maximum atomic E-state index is 13.5. The van der Waals surface area contributed by atoms with E-state index in [9.17, 15) is 4.79 Å². The summed E-state index contributed by atoms with van der Waals surface area (Å²) in [7, 11) is 3.26. The van der Waals surface area contributed by atoms with E-state index >= 15 is 0 Å². The van der Waals surface area contributed by atoms with Gasteiger partial charge in [-0.05, 0) is 53.3 Å². The number of pyridine rings is 1. The van der Waals surface area contributed by atoms with Gasteiger partial charge in [0.05, 0.1) is 19.7 Å². The molecular formula is C26H26N2O3. The molecule has 0 bridgehead atoms. The molecule has 1 atom stereocenters. The monoisotopic (exact) mass is 414 g/mol. The number of Topliss-reactive ketones (excluding diaryl/α,β-unsaturated/α-hetero) is 1. The minimum Gasteiger partial charge on any atom is -0.493 e. The van der Waals surface area contributed by atoms with Crippen LogP contribution in [0, 0.1) is 5.41 Å². The zero-order chi connectivity index (χ0) is 21.8. The van der Waals surface area contributed by atoms with Gasteiger partial charge in [0.25, 0.3) is 0 Å². The fraction of sp³-hybridized carbons (Fsp3) is 0.308. The molecule has 2 aromatic carbocycles. The summed E-state index contributed by atoms with van der Waals surface area (Å²) in [6.45, 7) is 4.31. The highest BCUT2D eigenvalue weighted by Crippen LogP contribution is 2.51. The first-order valence-corrected chi connectivity index (χ1v) is 10.5. The predicted molar refractivity (Wildman–Crippen MR) is 122 cm³/mol. The summed E-state index contributed by atoms with van der Waals surface area (Å²) in [6.07, 6.45) is 3.17. The molecule has 0 saturated carbocycles. The standard InChI is InChI=1S/C26H26N2O3/c1-26(2)13-19-25(20(29)14-26)23(15-7-10-21(30-3)22(12-15)31-4)24-16-6-5-11-27-17(16)8-9-18(24)28-19/h5-12,23,28H,13-14H2,1-4H3/t23-/m0/s1. The lowest BCUT2D eigenvalue weighted by molar-refractivity contribution is -0.118. The van der Waals surface area contributed by atoms with E-state index in [2.05, 4.69) is 36.3 Å². The van der Waals surface area contributed by atoms with E-state index in [-0.39, 0.29) is 17.1 Å². The Morgan fingerprint density at radius 2 is 1.84 bits per heavy atom. The Balaban J connectivity index is 1.80. The Bertz CT molecular complexity index is 1240. The minimum absolute atomic E-state index is 0.0685. The maximum absolute atomic E-state index is 13.5. The number of hydrogen-bond donors (Lipinski definition) is 1. The minimum atomic E-state index is -0.192. The van der Waals surface area contributed by atoms with E-state index in [4.69, 9.17) is 9.47 Å². The van der Waals surface area contributed by atoms with Gasteiger partial charge in [0.2, 0.25) is 0 Å². The van der Waals surface area contributed by atoms with Crippen LogP contribution in [0.25, 0.3) is 10.9 Å². The summed E-state index contributed by atoms with van der Waals surface area (Å²) in [6, 6.07) is 14.1. The second kappa shape index (κ2) is 7.12. The van der Waals surface area contributed by atoms with Crippen LogP contribution < -0.4 is 14.8 Å². The highest BCUT2D eigenvalue weighted by Gasteiger charge is 2.41. The van der Waals surface area contributed by atoms with Crippen molar-refractivity contribution in [2.45, 2.75) is 32.6 Å². The van der Waals surface area contributed by atoms with Crippen LogP contribution >= 0.6 is 0 Å². The van der Waals surface area contributed by atoms with Gasteiger partial charge in [-0.1, -0.05) is 26.0 Å². The zero-order valence-electron chi connectivity index (χ0n) is 18.3. The van der Waals surface area contributed by atoms with Crippen molar-refractivity contribution >= 4 is 22.4 Å². The number of allylic oxidation sites excluding steroid dienone is 2. The first-order chi connectivity index (χ1) is 14.9. The predicted octanol–water partition coefficient (Wildman–Crippen LogP) is 5.45. The average Bonchev–Trinajstić information content (AvgIpc) is 2.76. The summed E-state index contributed by atoms with van der Waals surface area (Å²) >= 11 is 0. The van der Waals surface area contributed by atoms with Gasteiger partial charge in [-0.15, -0.1) is 0 Å². The van der Waals surface area contributed by atoms with Crippen molar-refractivity contribution in [3.8, 4) is 11.5 Å². The van der Waals surface area contributed by atoms with Gasteiger partial charge in [-0.2, -0.15) is 0 Å². The lowest BCUT2D eigenvalue weighted by Gasteiger charge is -2.40. The Morgan fingerprint density at radius 1 is 1.03 bits per heavy atom. The van der Waals surface area contributed by atoms with Gasteiger partial charge < -0.3 is 14.8 Å². The number of ketones is 1. The summed E-state index contributed by atoms with van der Waals surface area (Å²) in [4.78, 5) is 18.0. The molecule has 31 heavy (non-hydrogen) atoms. The molecule has 1 aromatic heterocycles. The number of rotatable bonds is 3. The van der Waals surface area contributed by atoms with Crippen molar-refractivity contribution in [1.82, 2.24) is 4.98 Å². The Hall–Kier alpha value is -3.34. The lowest BCUT2D eigenvalue weighted by atomic mass is 9.68. The highest BCUT2D eigenvalue weighted by atomic mass is 16.5. The van der Waals surface area contributed by atoms with Crippen LogP contribution in [0.5, 0.6) is 11.5 Å². The number of nitrogens with one attached hydrogen (secondary N) is 1. The molecule has 158 valence electrons. The molecule has 5 rings (SSSR count). The van der Waals surface area contributed by atoms with Gasteiger partial charge in [0.1, 0.15) is 0 Å². The van der Waals surface area contributed by atoms with Gasteiger partial charge in [-0.3, -0.25) is 9.78 Å². The van der Waals surface area contributed by atoms with Crippen LogP contribution in [0.4, 0.5) is 5.69 Å². The fourth-order valence-electron chi connectivity index (χ4n) is 5.05. The van der Waals surface area contributed by atoms with Crippen LogP contribution in [0.2, 0.25) is 0 Å². The largest absolute Gasteiger partial charge is 0.493 e. The fourth-order valence-corrected chi connectivity index (χ4v) is 5.05. The van der Waals surface area contributed by atoms with E-state index in [1.807, 2.05) is 30.3 Å². The van der Waals surface area contributed by atoms with Crippen LogP contribution in [-0.4, -0.2) is 25.0 Å². The first-order valence-electron chi connectivity index (χ1n) is 10.5. The number of ether oxygens (including phenoxy) is 2. The van der Waals surface area contributed by atoms with Crippen LogP contribution in [0.15, 0.2) is 59.9 Å². The molecule has 2 aliphatic rings. The zero-order valence-corrected chi connectivity index (χ0v) is 18.3. The van der Waals surface area contributed by atoms with E-state index in [0.717, 1.165) is 45.4 Å².